The zero-order valence-corrected chi connectivity index (χ0v) is 22.9. The van der Waals surface area contributed by atoms with Crippen LogP contribution in [-0.2, 0) is 30.7 Å². The monoisotopic (exact) mass is 563 g/mol. The molecule has 4 rings (SSSR count). The van der Waals surface area contributed by atoms with Crippen LogP contribution in [0.15, 0.2) is 53.4 Å². The van der Waals surface area contributed by atoms with Gasteiger partial charge in [-0.3, -0.25) is 0 Å². The van der Waals surface area contributed by atoms with Crippen molar-refractivity contribution < 1.29 is 37.6 Å². The summed E-state index contributed by atoms with van der Waals surface area (Å²) in [4.78, 5) is 13.0. The van der Waals surface area contributed by atoms with E-state index in [1.165, 1.54) is 40.7 Å². The van der Waals surface area contributed by atoms with E-state index in [4.69, 9.17) is 19.9 Å². The van der Waals surface area contributed by atoms with Gasteiger partial charge < -0.3 is 35.5 Å². The molecule has 2 saturated heterocycles. The molecule has 2 aromatic rings. The van der Waals surface area contributed by atoms with E-state index in [-0.39, 0.29) is 54.9 Å². The van der Waals surface area contributed by atoms with E-state index in [1.807, 2.05) is 13.8 Å². The number of carbonyl (C=O) groups excluding carboxylic acids is 1. The fourth-order valence-electron chi connectivity index (χ4n) is 4.84. The largest absolute Gasteiger partial charge is 0.508 e. The molecule has 5 N–H and O–H groups in total. The van der Waals surface area contributed by atoms with Gasteiger partial charge in [0.15, 0.2) is 6.29 Å². The van der Waals surface area contributed by atoms with E-state index < -0.39 is 34.4 Å². The molecule has 2 heterocycles. The third-order valence-corrected chi connectivity index (χ3v) is 8.73. The molecule has 2 fully saturated rings. The van der Waals surface area contributed by atoms with E-state index in [0.717, 1.165) is 12.0 Å². The molecule has 0 aliphatic carbocycles. The number of nitrogens with one attached hydrogen (secondary N) is 1. The maximum atomic E-state index is 13.5. The number of phenolic OH excluding ortho intramolecular Hbond substituents is 1. The summed E-state index contributed by atoms with van der Waals surface area (Å²) in [7, 11) is -3.97. The van der Waals surface area contributed by atoms with E-state index in [1.54, 1.807) is 12.1 Å². The van der Waals surface area contributed by atoms with Crippen molar-refractivity contribution in [2.45, 2.75) is 56.1 Å². The molecule has 0 spiro atoms. The zero-order valence-electron chi connectivity index (χ0n) is 22.1. The van der Waals surface area contributed by atoms with Crippen LogP contribution in [0.25, 0.3) is 0 Å². The summed E-state index contributed by atoms with van der Waals surface area (Å²) in [5.74, 6) is -0.00327. The molecule has 0 radical (unpaired) electrons. The summed E-state index contributed by atoms with van der Waals surface area (Å²) in [6.45, 7) is 4.40. The standard InChI is InChI=1S/C27H37N3O8S/c1-17(2)14-30(39(34,35)21-9-5-19(28)6-10-21)15-24(32)23(13-18-3-7-20(31)8-4-18)29-27(33)38-25-16-37-26-22(25)11-12-36-26/h3-10,17,22-26,31-32H,11-16,28H2,1-2H3,(H,29,33)/t22-,23-,24+,25-,26+/m0/s1. The number of hydrogen-bond acceptors (Lipinski definition) is 9. The van der Waals surface area contributed by atoms with Crippen molar-refractivity contribution in [1.82, 2.24) is 9.62 Å². The lowest BCUT2D eigenvalue weighted by Crippen LogP contribution is -2.51. The number of sulfonamides is 1. The summed E-state index contributed by atoms with van der Waals surface area (Å²) in [5, 5.41) is 23.7. The van der Waals surface area contributed by atoms with Crippen LogP contribution in [0.1, 0.15) is 25.8 Å². The molecule has 0 saturated carbocycles. The molecule has 11 nitrogen and oxygen atoms in total. The number of ether oxygens (including phenoxy) is 3. The van der Waals surface area contributed by atoms with Crippen LogP contribution in [-0.4, -0.2) is 79.9 Å². The number of amides is 1. The number of anilines is 1. The lowest BCUT2D eigenvalue weighted by Gasteiger charge is -2.31. The molecule has 0 bridgehead atoms. The molecular weight excluding hydrogens is 526 g/mol. The van der Waals surface area contributed by atoms with Crippen molar-refractivity contribution in [2.24, 2.45) is 11.8 Å². The van der Waals surface area contributed by atoms with Crippen LogP contribution in [0, 0.1) is 11.8 Å². The van der Waals surface area contributed by atoms with Gasteiger partial charge in [0, 0.05) is 18.8 Å². The summed E-state index contributed by atoms with van der Waals surface area (Å²) >= 11 is 0. The number of aromatic hydroxyl groups is 1. The number of nitrogens with two attached hydrogens (primary N) is 1. The molecule has 2 aliphatic heterocycles. The van der Waals surface area contributed by atoms with Gasteiger partial charge in [0.05, 0.1) is 36.2 Å². The zero-order chi connectivity index (χ0) is 28.2. The van der Waals surface area contributed by atoms with Gasteiger partial charge in [-0.2, -0.15) is 4.31 Å². The Labute approximate surface area is 228 Å². The van der Waals surface area contributed by atoms with Gasteiger partial charge in [-0.05, 0) is 60.7 Å². The predicted octanol–water partition coefficient (Wildman–Crippen LogP) is 2.08. The van der Waals surface area contributed by atoms with E-state index >= 15 is 0 Å². The molecule has 0 aromatic heterocycles. The van der Waals surface area contributed by atoms with Crippen molar-refractivity contribution in [3.05, 3.63) is 54.1 Å². The minimum atomic E-state index is -3.97. The third-order valence-electron chi connectivity index (χ3n) is 6.88. The molecule has 2 aromatic carbocycles. The Hall–Kier alpha value is -2.90. The maximum absolute atomic E-state index is 13.5. The number of carbonyl (C=O) groups is 1. The van der Waals surface area contributed by atoms with Gasteiger partial charge >= 0.3 is 6.09 Å². The van der Waals surface area contributed by atoms with Crippen molar-refractivity contribution in [2.75, 3.05) is 32.0 Å². The number of aliphatic hydroxyl groups excluding tert-OH is 1. The minimum absolute atomic E-state index is 0.0295. The summed E-state index contributed by atoms with van der Waals surface area (Å²) in [6.07, 6.45) is -2.00. The van der Waals surface area contributed by atoms with Crippen molar-refractivity contribution >= 4 is 21.8 Å². The number of alkyl carbamates (subject to hydrolysis) is 1. The number of aliphatic hydroxyl groups is 1. The number of benzene rings is 2. The van der Waals surface area contributed by atoms with Crippen molar-refractivity contribution in [1.29, 1.82) is 0 Å². The fraction of sp³-hybridized carbons (Fsp3) is 0.519. The quantitative estimate of drug-likeness (QED) is 0.300. The van der Waals surface area contributed by atoms with Crippen LogP contribution in [0.4, 0.5) is 10.5 Å². The molecule has 5 atom stereocenters. The first kappa shape index (κ1) is 29.1. The van der Waals surface area contributed by atoms with Crippen LogP contribution in [0.2, 0.25) is 0 Å². The van der Waals surface area contributed by atoms with Crippen LogP contribution < -0.4 is 11.1 Å². The second-order valence-electron chi connectivity index (χ2n) is 10.4. The summed E-state index contributed by atoms with van der Waals surface area (Å²) < 4.78 is 44.9. The van der Waals surface area contributed by atoms with E-state index in [2.05, 4.69) is 5.32 Å². The Morgan fingerprint density at radius 1 is 1.13 bits per heavy atom. The highest BCUT2D eigenvalue weighted by Crippen LogP contribution is 2.33. The van der Waals surface area contributed by atoms with Gasteiger partial charge in [0.1, 0.15) is 11.9 Å². The van der Waals surface area contributed by atoms with Gasteiger partial charge in [-0.1, -0.05) is 26.0 Å². The lowest BCUT2D eigenvalue weighted by atomic mass is 10.0. The number of nitrogen functional groups attached to an aromatic ring is 1. The third kappa shape index (κ3) is 7.40. The number of nitrogens with zero attached hydrogens (tertiary/aromatic N) is 1. The number of rotatable bonds is 11. The summed E-state index contributed by atoms with van der Waals surface area (Å²) in [6, 6.07) is 11.3. The molecule has 2 aliphatic rings. The highest BCUT2D eigenvalue weighted by molar-refractivity contribution is 7.89. The Balaban J connectivity index is 1.52. The normalized spacial score (nSPS) is 22.5. The van der Waals surface area contributed by atoms with Crippen LogP contribution >= 0.6 is 0 Å². The number of phenols is 1. The first-order valence-electron chi connectivity index (χ1n) is 13.0. The topological polar surface area (TPSA) is 161 Å². The first-order valence-corrected chi connectivity index (χ1v) is 14.5. The molecule has 0 unspecified atom stereocenters. The Bertz CT molecular complexity index is 1210. The fourth-order valence-corrected chi connectivity index (χ4v) is 6.46. The molecule has 12 heteroatoms. The Kier molecular flexibility index (Phi) is 9.34. The van der Waals surface area contributed by atoms with Gasteiger partial charge in [0.2, 0.25) is 10.0 Å². The maximum Gasteiger partial charge on any atom is 0.407 e. The number of fused-ring (bicyclic) bond motifs is 1. The molecule has 1 amide bonds. The second-order valence-corrected chi connectivity index (χ2v) is 12.4. The molecule has 39 heavy (non-hydrogen) atoms. The van der Waals surface area contributed by atoms with Gasteiger partial charge in [-0.15, -0.1) is 0 Å². The smallest absolute Gasteiger partial charge is 0.407 e. The van der Waals surface area contributed by atoms with Gasteiger partial charge in [-0.25, -0.2) is 13.2 Å². The highest BCUT2D eigenvalue weighted by atomic mass is 32.2. The van der Waals surface area contributed by atoms with Crippen molar-refractivity contribution in [3.63, 3.8) is 0 Å². The Morgan fingerprint density at radius 2 is 1.82 bits per heavy atom. The second kappa shape index (κ2) is 12.5. The molecular formula is C27H37N3O8S. The van der Waals surface area contributed by atoms with Crippen LogP contribution in [0.3, 0.4) is 0 Å². The predicted molar refractivity (Wildman–Crippen MR) is 143 cm³/mol. The molecule has 214 valence electrons. The highest BCUT2D eigenvalue weighted by Gasteiger charge is 2.44. The minimum Gasteiger partial charge on any atom is -0.508 e. The lowest BCUT2D eigenvalue weighted by molar-refractivity contribution is -0.0907. The van der Waals surface area contributed by atoms with Crippen LogP contribution in [0.5, 0.6) is 5.75 Å². The Morgan fingerprint density at radius 3 is 2.49 bits per heavy atom. The summed E-state index contributed by atoms with van der Waals surface area (Å²) in [5.41, 5.74) is 6.89. The van der Waals surface area contributed by atoms with Crippen molar-refractivity contribution in [3.8, 4) is 5.75 Å². The average molecular weight is 564 g/mol. The van der Waals surface area contributed by atoms with Gasteiger partial charge in [0.25, 0.3) is 0 Å². The SMILES string of the molecule is CC(C)CN(C[C@@H](O)[C@H](Cc1ccc(O)cc1)NC(=O)O[C@H]1CO[C@H]2OCC[C@H]21)S(=O)(=O)c1ccc(N)cc1. The average Bonchev–Trinajstić information content (AvgIpc) is 3.50. The number of hydrogen-bond donors (Lipinski definition) is 4. The van der Waals surface area contributed by atoms with E-state index in [0.29, 0.717) is 12.3 Å². The van der Waals surface area contributed by atoms with E-state index in [9.17, 15) is 23.4 Å². The first-order chi connectivity index (χ1) is 18.5.